The van der Waals surface area contributed by atoms with Crippen molar-refractivity contribution in [2.24, 2.45) is 5.92 Å². The van der Waals surface area contributed by atoms with E-state index >= 15 is 0 Å². The fraction of sp³-hybridized carbons (Fsp3) is 0.243. The summed E-state index contributed by atoms with van der Waals surface area (Å²) in [4.78, 5) is 52.7. The SMILES string of the molecule is C[C@@H](NC(=O)[C@@H](CC(=O)c1ccc(C(C)(C)C)s1)Cc1ccc(-c2ncc(-c3ccc(Oc4ccccc4F)nc3)cn2)cc1)C(=O)O. The van der Waals surface area contributed by atoms with Crippen LogP contribution in [0.15, 0.2) is 91.4 Å². The number of benzene rings is 2. The number of aliphatic carboxylic acids is 1. The molecule has 246 valence electrons. The Morgan fingerprint density at radius 2 is 1.54 bits per heavy atom. The molecule has 2 N–H and O–H groups in total. The van der Waals surface area contributed by atoms with E-state index in [-0.39, 0.29) is 35.7 Å². The van der Waals surface area contributed by atoms with Crippen LogP contribution in [0.2, 0.25) is 0 Å². The van der Waals surface area contributed by atoms with Gasteiger partial charge in [-0.2, -0.15) is 0 Å². The van der Waals surface area contributed by atoms with Crippen molar-refractivity contribution in [1.82, 2.24) is 20.3 Å². The van der Waals surface area contributed by atoms with Crippen LogP contribution in [-0.2, 0) is 21.4 Å². The van der Waals surface area contributed by atoms with Crippen molar-refractivity contribution >= 4 is 29.0 Å². The molecule has 5 aromatic rings. The maximum absolute atomic E-state index is 13.9. The van der Waals surface area contributed by atoms with Gasteiger partial charge in [-0.05, 0) is 54.7 Å². The lowest BCUT2D eigenvalue weighted by Gasteiger charge is -2.18. The van der Waals surface area contributed by atoms with Crippen LogP contribution in [0, 0.1) is 11.7 Å². The normalized spacial score (nSPS) is 12.6. The summed E-state index contributed by atoms with van der Waals surface area (Å²) >= 11 is 1.42. The average Bonchev–Trinajstić information content (AvgIpc) is 3.58. The topological polar surface area (TPSA) is 131 Å². The van der Waals surface area contributed by atoms with Crippen LogP contribution in [0.25, 0.3) is 22.5 Å². The predicted molar refractivity (Wildman–Crippen MR) is 182 cm³/mol. The largest absolute Gasteiger partial charge is 0.480 e. The third kappa shape index (κ3) is 8.54. The van der Waals surface area contributed by atoms with Crippen LogP contribution in [0.5, 0.6) is 11.6 Å². The third-order valence-corrected chi connectivity index (χ3v) is 9.17. The van der Waals surface area contributed by atoms with Crippen molar-refractivity contribution in [3.8, 4) is 34.1 Å². The highest BCUT2D eigenvalue weighted by Gasteiger charge is 2.27. The van der Waals surface area contributed by atoms with Crippen molar-refractivity contribution in [2.75, 3.05) is 0 Å². The van der Waals surface area contributed by atoms with Crippen LogP contribution in [0.1, 0.15) is 54.2 Å². The summed E-state index contributed by atoms with van der Waals surface area (Å²) in [7, 11) is 0. The molecule has 3 heterocycles. The lowest BCUT2D eigenvalue weighted by molar-refractivity contribution is -0.141. The second-order valence-corrected chi connectivity index (χ2v) is 13.5. The molecule has 2 atom stereocenters. The molecule has 0 bridgehead atoms. The van der Waals surface area contributed by atoms with Crippen molar-refractivity contribution in [2.45, 2.75) is 52.0 Å². The van der Waals surface area contributed by atoms with Gasteiger partial charge in [0.1, 0.15) is 6.04 Å². The molecule has 1 amide bonds. The Bertz CT molecular complexity index is 1900. The zero-order chi connectivity index (χ0) is 34.4. The molecule has 2 aromatic carbocycles. The number of rotatable bonds is 12. The van der Waals surface area contributed by atoms with Crippen LogP contribution in [0.3, 0.4) is 0 Å². The first-order valence-electron chi connectivity index (χ1n) is 15.3. The molecule has 9 nitrogen and oxygen atoms in total. The summed E-state index contributed by atoms with van der Waals surface area (Å²) in [6.45, 7) is 7.61. The first-order valence-corrected chi connectivity index (χ1v) is 16.2. The van der Waals surface area contributed by atoms with E-state index < -0.39 is 29.7 Å². The van der Waals surface area contributed by atoms with Gasteiger partial charge in [0.15, 0.2) is 23.2 Å². The van der Waals surface area contributed by atoms with Crippen molar-refractivity contribution in [3.05, 3.63) is 113 Å². The van der Waals surface area contributed by atoms with Crippen LogP contribution in [-0.4, -0.2) is 43.8 Å². The Labute approximate surface area is 281 Å². The number of hydrogen-bond donors (Lipinski definition) is 2. The van der Waals surface area contributed by atoms with Crippen molar-refractivity contribution in [1.29, 1.82) is 0 Å². The number of amides is 1. The monoisotopic (exact) mass is 666 g/mol. The van der Waals surface area contributed by atoms with Crippen LogP contribution in [0.4, 0.5) is 4.39 Å². The predicted octanol–water partition coefficient (Wildman–Crippen LogP) is 7.52. The average molecular weight is 667 g/mol. The minimum absolute atomic E-state index is 0.0559. The van der Waals surface area contributed by atoms with E-state index in [1.807, 2.05) is 30.3 Å². The standard InChI is InChI=1S/C37H35FN4O5S/c1-22(36(45)46)42-35(44)26(18-29(43)31-14-15-32(48-31)37(2,3)4)17-23-9-11-24(12-10-23)34-40-20-27(21-41-34)25-13-16-33(39-19-25)47-30-8-6-5-7-28(30)38/h5-16,19-22,26H,17-18H2,1-4H3,(H,42,44)(H,45,46)/t22-,26-/m1/s1. The molecule has 0 saturated carbocycles. The van der Waals surface area contributed by atoms with Gasteiger partial charge in [0.25, 0.3) is 0 Å². The number of carboxylic acid groups (broad SMARTS) is 1. The van der Waals surface area contributed by atoms with Gasteiger partial charge in [0.2, 0.25) is 11.8 Å². The number of aromatic nitrogens is 3. The van der Waals surface area contributed by atoms with E-state index in [4.69, 9.17) is 4.74 Å². The number of Topliss-reactive ketones (excluding diaryl/α,β-unsaturated/α-hetero) is 1. The van der Waals surface area contributed by atoms with E-state index in [9.17, 15) is 23.9 Å². The molecule has 11 heteroatoms. The molecule has 48 heavy (non-hydrogen) atoms. The maximum Gasteiger partial charge on any atom is 0.325 e. The molecule has 0 fully saturated rings. The van der Waals surface area contributed by atoms with Gasteiger partial charge in [0, 0.05) is 58.6 Å². The second kappa shape index (κ2) is 14.6. The number of nitrogens with one attached hydrogen (secondary N) is 1. The van der Waals surface area contributed by atoms with E-state index in [1.54, 1.807) is 48.9 Å². The van der Waals surface area contributed by atoms with E-state index in [0.717, 1.165) is 27.1 Å². The minimum atomic E-state index is -1.15. The summed E-state index contributed by atoms with van der Waals surface area (Å²) in [5.41, 5.74) is 2.94. The molecule has 0 unspecified atom stereocenters. The smallest absolute Gasteiger partial charge is 0.325 e. The first-order chi connectivity index (χ1) is 22.9. The van der Waals surface area contributed by atoms with Gasteiger partial charge in [0.05, 0.1) is 4.88 Å². The number of carboxylic acids is 1. The van der Waals surface area contributed by atoms with Gasteiger partial charge >= 0.3 is 5.97 Å². The lowest BCUT2D eigenvalue weighted by atomic mass is 9.92. The number of hydrogen-bond acceptors (Lipinski definition) is 8. The highest BCUT2D eigenvalue weighted by atomic mass is 32.1. The van der Waals surface area contributed by atoms with Crippen molar-refractivity contribution < 1.29 is 28.6 Å². The Hall–Kier alpha value is -5.29. The molecule has 0 radical (unpaired) electrons. The number of pyridine rings is 1. The van der Waals surface area contributed by atoms with Gasteiger partial charge in [-0.15, -0.1) is 11.3 Å². The van der Waals surface area contributed by atoms with E-state index in [1.165, 1.54) is 30.4 Å². The zero-order valence-electron chi connectivity index (χ0n) is 26.9. The summed E-state index contributed by atoms with van der Waals surface area (Å²) in [5.74, 6) is -2.22. The third-order valence-electron chi connectivity index (χ3n) is 7.62. The Morgan fingerprint density at radius 1 is 0.875 bits per heavy atom. The number of thiophene rings is 1. The van der Waals surface area contributed by atoms with Gasteiger partial charge < -0.3 is 15.2 Å². The fourth-order valence-electron chi connectivity index (χ4n) is 4.82. The van der Waals surface area contributed by atoms with E-state index in [0.29, 0.717) is 10.7 Å². The van der Waals surface area contributed by atoms with Gasteiger partial charge in [-0.25, -0.2) is 19.3 Å². The molecule has 3 aromatic heterocycles. The molecule has 0 aliphatic heterocycles. The number of para-hydroxylation sites is 1. The van der Waals surface area contributed by atoms with Crippen LogP contribution >= 0.6 is 11.3 Å². The highest BCUT2D eigenvalue weighted by molar-refractivity contribution is 7.14. The Kier molecular flexibility index (Phi) is 10.4. The Morgan fingerprint density at radius 3 is 2.15 bits per heavy atom. The van der Waals surface area contributed by atoms with Gasteiger partial charge in [-0.3, -0.25) is 14.4 Å². The molecule has 0 aliphatic rings. The maximum atomic E-state index is 13.9. The van der Waals surface area contributed by atoms with E-state index in [2.05, 4.69) is 41.0 Å². The summed E-state index contributed by atoms with van der Waals surface area (Å²) in [5, 5.41) is 11.8. The number of halogens is 1. The zero-order valence-corrected chi connectivity index (χ0v) is 27.8. The lowest BCUT2D eigenvalue weighted by Crippen LogP contribution is -2.42. The summed E-state index contributed by atoms with van der Waals surface area (Å²) in [6.07, 6.45) is 5.14. The molecule has 0 saturated heterocycles. The number of ketones is 1. The molecule has 5 rings (SSSR count). The summed E-state index contributed by atoms with van der Waals surface area (Å²) in [6, 6.07) is 19.5. The highest BCUT2D eigenvalue weighted by Crippen LogP contribution is 2.31. The van der Waals surface area contributed by atoms with Gasteiger partial charge in [-0.1, -0.05) is 57.2 Å². The van der Waals surface area contributed by atoms with Crippen molar-refractivity contribution in [3.63, 3.8) is 0 Å². The number of nitrogens with zero attached hydrogens (tertiary/aromatic N) is 3. The molecule has 0 spiro atoms. The first kappa shape index (κ1) is 34.1. The van der Waals surface area contributed by atoms with Crippen LogP contribution < -0.4 is 10.1 Å². The fourth-order valence-corrected chi connectivity index (χ4v) is 5.83. The number of carbonyl (C=O) groups is 3. The quantitative estimate of drug-likeness (QED) is 0.131. The number of carbonyl (C=O) groups excluding carboxylic acids is 2. The number of ether oxygens (including phenoxy) is 1. The Balaban J connectivity index is 1.26. The summed E-state index contributed by atoms with van der Waals surface area (Å²) < 4.78 is 19.4. The molecule has 0 aliphatic carbocycles. The second-order valence-electron chi connectivity index (χ2n) is 12.4. The molecular formula is C37H35FN4O5S. The minimum Gasteiger partial charge on any atom is -0.480 e. The molecular weight excluding hydrogens is 631 g/mol.